The molecule has 0 aromatic carbocycles. The molecule has 15 heavy (non-hydrogen) atoms. The normalized spacial score (nSPS) is 19.1. The van der Waals surface area contributed by atoms with Crippen LogP contribution < -0.4 is 5.73 Å². The van der Waals surface area contributed by atoms with Crippen molar-refractivity contribution in [3.8, 4) is 0 Å². The smallest absolute Gasteiger partial charge is 0.240 e. The molecule has 1 aliphatic rings. The maximum absolute atomic E-state index is 11.5. The Hall–Kier alpha value is -1.39. The highest BCUT2D eigenvalue weighted by atomic mass is 16.2. The summed E-state index contributed by atoms with van der Waals surface area (Å²) in [7, 11) is 0. The molecule has 1 fully saturated rings. The summed E-state index contributed by atoms with van der Waals surface area (Å²) >= 11 is 0. The molecular formula is C10H16N2O3. The zero-order valence-electron chi connectivity index (χ0n) is 8.86. The maximum Gasteiger partial charge on any atom is 0.240 e. The Bertz CT molecular complexity index is 272. The molecule has 1 saturated heterocycles. The molecule has 0 aromatic rings. The minimum atomic E-state index is -0.754. The summed E-state index contributed by atoms with van der Waals surface area (Å²) in [4.78, 5) is 35.3. The van der Waals surface area contributed by atoms with E-state index in [1.165, 1.54) is 0 Å². The van der Waals surface area contributed by atoms with E-state index in [2.05, 4.69) is 0 Å². The summed E-state index contributed by atoms with van der Waals surface area (Å²) in [6.07, 6.45) is 2.40. The van der Waals surface area contributed by atoms with E-state index in [0.717, 1.165) is 4.90 Å². The fraction of sp³-hybridized carbons (Fsp3) is 0.700. The number of hydrogen-bond donors (Lipinski definition) is 1. The van der Waals surface area contributed by atoms with Crippen molar-refractivity contribution in [3.63, 3.8) is 0 Å². The van der Waals surface area contributed by atoms with Crippen molar-refractivity contribution in [2.75, 3.05) is 0 Å². The third kappa shape index (κ3) is 2.55. The van der Waals surface area contributed by atoms with Crippen molar-refractivity contribution in [1.29, 1.82) is 0 Å². The van der Waals surface area contributed by atoms with Gasteiger partial charge in [-0.1, -0.05) is 13.3 Å². The summed E-state index contributed by atoms with van der Waals surface area (Å²) in [5, 5.41) is 0. The molecule has 5 heteroatoms. The second-order valence-electron chi connectivity index (χ2n) is 3.72. The highest BCUT2D eigenvalue weighted by Crippen LogP contribution is 2.17. The molecule has 0 aliphatic carbocycles. The monoisotopic (exact) mass is 212 g/mol. The van der Waals surface area contributed by atoms with Crippen LogP contribution in [0.15, 0.2) is 0 Å². The van der Waals surface area contributed by atoms with Crippen LogP contribution in [-0.2, 0) is 14.4 Å². The summed E-state index contributed by atoms with van der Waals surface area (Å²) in [5.41, 5.74) is 5.19. The lowest BCUT2D eigenvalue weighted by Gasteiger charge is -2.30. The Morgan fingerprint density at radius 3 is 2.33 bits per heavy atom. The number of rotatable bonds is 4. The van der Waals surface area contributed by atoms with E-state index in [0.29, 0.717) is 32.1 Å². The molecule has 0 aromatic heterocycles. The molecule has 84 valence electrons. The van der Waals surface area contributed by atoms with Gasteiger partial charge in [-0.2, -0.15) is 0 Å². The minimum absolute atomic E-state index is 0.275. The van der Waals surface area contributed by atoms with Gasteiger partial charge in [-0.05, 0) is 12.8 Å². The van der Waals surface area contributed by atoms with Gasteiger partial charge >= 0.3 is 0 Å². The molecule has 0 radical (unpaired) electrons. The Kier molecular flexibility index (Phi) is 3.82. The summed E-state index contributed by atoms with van der Waals surface area (Å²) in [5.74, 6) is -1.15. The number of piperidine rings is 1. The summed E-state index contributed by atoms with van der Waals surface area (Å²) in [6, 6.07) is -0.754. The Morgan fingerprint density at radius 1 is 1.40 bits per heavy atom. The molecule has 5 nitrogen and oxygen atoms in total. The van der Waals surface area contributed by atoms with Crippen LogP contribution in [0.25, 0.3) is 0 Å². The van der Waals surface area contributed by atoms with Gasteiger partial charge in [0, 0.05) is 12.8 Å². The van der Waals surface area contributed by atoms with E-state index in [1.54, 1.807) is 0 Å². The Labute approximate surface area is 88.6 Å². The maximum atomic E-state index is 11.5. The fourth-order valence-corrected chi connectivity index (χ4v) is 1.79. The van der Waals surface area contributed by atoms with E-state index in [9.17, 15) is 14.4 Å². The van der Waals surface area contributed by atoms with Crippen LogP contribution in [0.5, 0.6) is 0 Å². The number of primary amides is 1. The molecule has 2 N–H and O–H groups in total. The van der Waals surface area contributed by atoms with E-state index in [-0.39, 0.29) is 11.8 Å². The van der Waals surface area contributed by atoms with Gasteiger partial charge in [-0.25, -0.2) is 0 Å². The molecule has 1 unspecified atom stereocenters. The first-order chi connectivity index (χ1) is 7.07. The highest BCUT2D eigenvalue weighted by Gasteiger charge is 2.34. The third-order valence-electron chi connectivity index (χ3n) is 2.52. The lowest BCUT2D eigenvalue weighted by atomic mass is 10.0. The molecule has 1 heterocycles. The van der Waals surface area contributed by atoms with Gasteiger partial charge in [0.15, 0.2) is 0 Å². The van der Waals surface area contributed by atoms with Crippen LogP contribution in [0, 0.1) is 0 Å². The van der Waals surface area contributed by atoms with Gasteiger partial charge < -0.3 is 5.73 Å². The van der Waals surface area contributed by atoms with E-state index in [1.807, 2.05) is 6.92 Å². The zero-order chi connectivity index (χ0) is 11.4. The SMILES string of the molecule is CCCC(C(N)=O)N1C(=O)CCCC1=O. The number of carbonyl (C=O) groups excluding carboxylic acids is 3. The lowest BCUT2D eigenvalue weighted by Crippen LogP contribution is -2.52. The molecule has 0 spiro atoms. The number of hydrogen-bond acceptors (Lipinski definition) is 3. The fourth-order valence-electron chi connectivity index (χ4n) is 1.79. The van der Waals surface area contributed by atoms with Crippen molar-refractivity contribution in [2.45, 2.75) is 45.1 Å². The van der Waals surface area contributed by atoms with Gasteiger partial charge in [0.05, 0.1) is 0 Å². The number of likely N-dealkylation sites (tertiary alicyclic amines) is 1. The van der Waals surface area contributed by atoms with Gasteiger partial charge in [0.25, 0.3) is 0 Å². The minimum Gasteiger partial charge on any atom is -0.368 e. The van der Waals surface area contributed by atoms with Crippen molar-refractivity contribution in [3.05, 3.63) is 0 Å². The topological polar surface area (TPSA) is 80.5 Å². The average Bonchev–Trinajstić information content (AvgIpc) is 2.15. The van der Waals surface area contributed by atoms with Crippen molar-refractivity contribution >= 4 is 17.7 Å². The van der Waals surface area contributed by atoms with E-state index >= 15 is 0 Å². The molecule has 1 rings (SSSR count). The Balaban J connectivity index is 2.83. The zero-order valence-corrected chi connectivity index (χ0v) is 8.86. The van der Waals surface area contributed by atoms with Gasteiger partial charge in [-0.15, -0.1) is 0 Å². The van der Waals surface area contributed by atoms with Gasteiger partial charge in [0.1, 0.15) is 6.04 Å². The Morgan fingerprint density at radius 2 is 1.93 bits per heavy atom. The van der Waals surface area contributed by atoms with Crippen LogP contribution in [0.3, 0.4) is 0 Å². The van der Waals surface area contributed by atoms with Crippen LogP contribution >= 0.6 is 0 Å². The van der Waals surface area contributed by atoms with E-state index < -0.39 is 11.9 Å². The second kappa shape index (κ2) is 4.91. The number of imide groups is 1. The number of nitrogens with two attached hydrogens (primary N) is 1. The van der Waals surface area contributed by atoms with Crippen LogP contribution in [0.1, 0.15) is 39.0 Å². The van der Waals surface area contributed by atoms with Crippen LogP contribution in [0.2, 0.25) is 0 Å². The van der Waals surface area contributed by atoms with Crippen LogP contribution in [0.4, 0.5) is 0 Å². The molecule has 0 bridgehead atoms. The lowest BCUT2D eigenvalue weighted by molar-refractivity contribution is -0.154. The van der Waals surface area contributed by atoms with Crippen molar-refractivity contribution in [2.24, 2.45) is 5.73 Å². The average molecular weight is 212 g/mol. The van der Waals surface area contributed by atoms with Crippen molar-refractivity contribution < 1.29 is 14.4 Å². The predicted octanol–water partition coefficient (Wildman–Crippen LogP) is 0.179. The molecule has 1 aliphatic heterocycles. The quantitative estimate of drug-likeness (QED) is 0.675. The van der Waals surface area contributed by atoms with Crippen LogP contribution in [-0.4, -0.2) is 28.7 Å². The van der Waals surface area contributed by atoms with Gasteiger partial charge in [0.2, 0.25) is 17.7 Å². The largest absolute Gasteiger partial charge is 0.368 e. The first-order valence-electron chi connectivity index (χ1n) is 5.22. The predicted molar refractivity (Wildman–Crippen MR) is 53.6 cm³/mol. The highest BCUT2D eigenvalue weighted by molar-refractivity contribution is 6.01. The second-order valence-corrected chi connectivity index (χ2v) is 3.72. The first kappa shape index (κ1) is 11.7. The summed E-state index contributed by atoms with van der Waals surface area (Å²) < 4.78 is 0. The standard InChI is InChI=1S/C10H16N2O3/c1-2-4-7(10(11)15)12-8(13)5-3-6-9(12)14/h7H,2-6H2,1H3,(H2,11,15). The molecule has 0 saturated carbocycles. The third-order valence-corrected chi connectivity index (χ3v) is 2.52. The molecular weight excluding hydrogens is 196 g/mol. The number of carbonyl (C=O) groups is 3. The number of amides is 3. The van der Waals surface area contributed by atoms with Gasteiger partial charge in [-0.3, -0.25) is 19.3 Å². The molecule has 1 atom stereocenters. The first-order valence-corrected chi connectivity index (χ1v) is 5.22. The summed E-state index contributed by atoms with van der Waals surface area (Å²) in [6.45, 7) is 1.88. The van der Waals surface area contributed by atoms with E-state index in [4.69, 9.17) is 5.73 Å². The van der Waals surface area contributed by atoms with Crippen molar-refractivity contribution in [1.82, 2.24) is 4.90 Å². The number of nitrogens with zero attached hydrogens (tertiary/aromatic N) is 1. The molecule has 3 amide bonds.